The summed E-state index contributed by atoms with van der Waals surface area (Å²) < 4.78 is 0. The Bertz CT molecular complexity index is 140. The largest absolute Gasteiger partial charge is 0.327 e. The van der Waals surface area contributed by atoms with Crippen molar-refractivity contribution < 1.29 is 0 Å². The number of nitrogens with two attached hydrogens (primary N) is 2. The molecule has 0 amide bonds. The van der Waals surface area contributed by atoms with Crippen molar-refractivity contribution in [3.63, 3.8) is 0 Å². The third kappa shape index (κ3) is 1.38. The van der Waals surface area contributed by atoms with Crippen molar-refractivity contribution >= 4 is 0 Å². The zero-order valence-corrected chi connectivity index (χ0v) is 7.71. The molecule has 0 aromatic heterocycles. The number of rotatable bonds is 0. The second kappa shape index (κ2) is 3.35. The Morgan fingerprint density at radius 2 is 1.08 bits per heavy atom. The Balaban J connectivity index is 2.05. The molecule has 0 bridgehead atoms. The first-order valence-corrected chi connectivity index (χ1v) is 5.30. The van der Waals surface area contributed by atoms with Gasteiger partial charge in [-0.1, -0.05) is 12.8 Å². The van der Waals surface area contributed by atoms with Gasteiger partial charge in [0.1, 0.15) is 0 Å². The molecule has 4 atom stereocenters. The quantitative estimate of drug-likeness (QED) is 0.572. The maximum atomic E-state index is 6.10. The van der Waals surface area contributed by atoms with Gasteiger partial charge in [-0.15, -0.1) is 0 Å². The molecule has 2 rings (SSSR count). The van der Waals surface area contributed by atoms with Gasteiger partial charge in [-0.25, -0.2) is 0 Å². The zero-order valence-electron chi connectivity index (χ0n) is 7.71. The van der Waals surface area contributed by atoms with Crippen LogP contribution in [0.1, 0.15) is 38.5 Å². The second-order valence-corrected chi connectivity index (χ2v) is 4.52. The Labute approximate surface area is 74.7 Å². The highest BCUT2D eigenvalue weighted by atomic mass is 14.7. The smallest absolute Gasteiger partial charge is 0.00703 e. The molecule has 2 aliphatic carbocycles. The van der Waals surface area contributed by atoms with Gasteiger partial charge >= 0.3 is 0 Å². The van der Waals surface area contributed by atoms with Gasteiger partial charge in [0.2, 0.25) is 0 Å². The van der Waals surface area contributed by atoms with Gasteiger partial charge in [-0.05, 0) is 37.5 Å². The van der Waals surface area contributed by atoms with Crippen LogP contribution in [0, 0.1) is 11.8 Å². The minimum absolute atomic E-state index is 0.454. The van der Waals surface area contributed by atoms with E-state index in [0.717, 1.165) is 11.8 Å². The summed E-state index contributed by atoms with van der Waals surface area (Å²) in [5, 5.41) is 0. The first-order chi connectivity index (χ1) is 5.79. The second-order valence-electron chi connectivity index (χ2n) is 4.52. The number of hydrogen-bond acceptors (Lipinski definition) is 2. The molecule has 2 aliphatic rings. The molecule has 0 unspecified atom stereocenters. The van der Waals surface area contributed by atoms with Crippen molar-refractivity contribution in [2.75, 3.05) is 0 Å². The standard InChI is InChI=1S/C10H20N2/c11-9-5-1-3-7-8(9)4-2-6-10(7)12/h7-10H,1-6,11-12H2/t7-,8+,9-,10-/m1/s1. The summed E-state index contributed by atoms with van der Waals surface area (Å²) in [6.45, 7) is 0. The number of hydrogen-bond donors (Lipinski definition) is 2. The van der Waals surface area contributed by atoms with Gasteiger partial charge in [-0.3, -0.25) is 0 Å². The molecule has 0 aromatic rings. The molecule has 12 heavy (non-hydrogen) atoms. The highest BCUT2D eigenvalue weighted by Gasteiger charge is 2.36. The Kier molecular flexibility index (Phi) is 2.37. The number of fused-ring (bicyclic) bond motifs is 1. The van der Waals surface area contributed by atoms with Gasteiger partial charge in [0.15, 0.2) is 0 Å². The highest BCUT2D eigenvalue weighted by molar-refractivity contribution is 4.92. The van der Waals surface area contributed by atoms with Gasteiger partial charge in [0.25, 0.3) is 0 Å². The van der Waals surface area contributed by atoms with Crippen molar-refractivity contribution in [2.24, 2.45) is 23.3 Å². The predicted octanol–water partition coefficient (Wildman–Crippen LogP) is 1.24. The average Bonchev–Trinajstić information content (AvgIpc) is 2.07. The van der Waals surface area contributed by atoms with Crippen molar-refractivity contribution in [2.45, 2.75) is 50.6 Å². The first kappa shape index (κ1) is 8.52. The van der Waals surface area contributed by atoms with Gasteiger partial charge in [0, 0.05) is 12.1 Å². The molecule has 0 saturated heterocycles. The Morgan fingerprint density at radius 3 is 1.50 bits per heavy atom. The van der Waals surface area contributed by atoms with E-state index in [2.05, 4.69) is 0 Å². The van der Waals surface area contributed by atoms with Crippen molar-refractivity contribution in [3.8, 4) is 0 Å². The Hall–Kier alpha value is -0.0800. The van der Waals surface area contributed by atoms with Crippen molar-refractivity contribution in [1.29, 1.82) is 0 Å². The molecule has 2 saturated carbocycles. The molecule has 0 spiro atoms. The fraction of sp³-hybridized carbons (Fsp3) is 1.00. The van der Waals surface area contributed by atoms with E-state index in [-0.39, 0.29) is 0 Å². The molecular weight excluding hydrogens is 148 g/mol. The van der Waals surface area contributed by atoms with Gasteiger partial charge < -0.3 is 11.5 Å². The third-order valence-electron chi connectivity index (χ3n) is 3.80. The van der Waals surface area contributed by atoms with Crippen LogP contribution in [0.2, 0.25) is 0 Å². The monoisotopic (exact) mass is 168 g/mol. The summed E-state index contributed by atoms with van der Waals surface area (Å²) in [6.07, 6.45) is 7.73. The molecular formula is C10H20N2. The summed E-state index contributed by atoms with van der Waals surface area (Å²) >= 11 is 0. The van der Waals surface area contributed by atoms with Crippen LogP contribution in [0.3, 0.4) is 0 Å². The average molecular weight is 168 g/mol. The third-order valence-corrected chi connectivity index (χ3v) is 3.80. The lowest BCUT2D eigenvalue weighted by atomic mass is 9.66. The highest BCUT2D eigenvalue weighted by Crippen LogP contribution is 2.39. The maximum absolute atomic E-state index is 6.10. The van der Waals surface area contributed by atoms with Crippen LogP contribution in [0.4, 0.5) is 0 Å². The van der Waals surface area contributed by atoms with Crippen LogP contribution < -0.4 is 11.5 Å². The van der Waals surface area contributed by atoms with Crippen LogP contribution >= 0.6 is 0 Å². The Morgan fingerprint density at radius 1 is 0.667 bits per heavy atom. The lowest BCUT2D eigenvalue weighted by Gasteiger charge is -2.43. The van der Waals surface area contributed by atoms with Crippen molar-refractivity contribution in [3.05, 3.63) is 0 Å². The predicted molar refractivity (Wildman–Crippen MR) is 50.6 cm³/mol. The fourth-order valence-electron chi connectivity index (χ4n) is 3.10. The van der Waals surface area contributed by atoms with E-state index in [9.17, 15) is 0 Å². The summed E-state index contributed by atoms with van der Waals surface area (Å²) in [5.74, 6) is 1.50. The van der Waals surface area contributed by atoms with Crippen LogP contribution in [-0.2, 0) is 0 Å². The lowest BCUT2D eigenvalue weighted by molar-refractivity contribution is 0.125. The molecule has 0 aromatic carbocycles. The molecule has 70 valence electrons. The van der Waals surface area contributed by atoms with E-state index >= 15 is 0 Å². The summed E-state index contributed by atoms with van der Waals surface area (Å²) in [7, 11) is 0. The first-order valence-electron chi connectivity index (χ1n) is 5.30. The molecule has 2 nitrogen and oxygen atoms in total. The van der Waals surface area contributed by atoms with Gasteiger partial charge in [0.05, 0.1) is 0 Å². The van der Waals surface area contributed by atoms with Crippen LogP contribution in [0.15, 0.2) is 0 Å². The minimum Gasteiger partial charge on any atom is -0.327 e. The van der Waals surface area contributed by atoms with E-state index in [1.54, 1.807) is 0 Å². The van der Waals surface area contributed by atoms with E-state index < -0.39 is 0 Å². The van der Waals surface area contributed by atoms with Crippen LogP contribution in [0.25, 0.3) is 0 Å². The van der Waals surface area contributed by atoms with Crippen LogP contribution in [-0.4, -0.2) is 12.1 Å². The fourth-order valence-corrected chi connectivity index (χ4v) is 3.10. The SMILES string of the molecule is N[C@@H]1CCC[C@H]2[C@H]1CCC[C@H]2N. The topological polar surface area (TPSA) is 52.0 Å². The molecule has 0 aliphatic heterocycles. The van der Waals surface area contributed by atoms with E-state index in [4.69, 9.17) is 11.5 Å². The summed E-state index contributed by atoms with van der Waals surface area (Å²) in [5.41, 5.74) is 12.2. The molecule has 0 heterocycles. The van der Waals surface area contributed by atoms with Crippen molar-refractivity contribution in [1.82, 2.24) is 0 Å². The molecule has 2 fully saturated rings. The lowest BCUT2D eigenvalue weighted by Crippen LogP contribution is -2.48. The van der Waals surface area contributed by atoms with Crippen LogP contribution in [0.5, 0.6) is 0 Å². The minimum atomic E-state index is 0.454. The summed E-state index contributed by atoms with van der Waals surface area (Å²) in [6, 6.07) is 0.908. The zero-order chi connectivity index (χ0) is 8.55. The van der Waals surface area contributed by atoms with E-state index in [1.807, 2.05) is 0 Å². The van der Waals surface area contributed by atoms with Gasteiger partial charge in [-0.2, -0.15) is 0 Å². The molecule has 2 heteroatoms. The van der Waals surface area contributed by atoms with E-state index in [0.29, 0.717) is 12.1 Å². The maximum Gasteiger partial charge on any atom is 0.00703 e. The molecule has 4 N–H and O–H groups in total. The molecule has 0 radical (unpaired) electrons. The normalized spacial score (nSPS) is 48.5. The summed E-state index contributed by atoms with van der Waals surface area (Å²) in [4.78, 5) is 0. The van der Waals surface area contributed by atoms with E-state index in [1.165, 1.54) is 38.5 Å².